The van der Waals surface area contributed by atoms with Gasteiger partial charge in [0.15, 0.2) is 11.6 Å². The van der Waals surface area contributed by atoms with Crippen LogP contribution in [0.3, 0.4) is 0 Å². The molecular weight excluding hydrogens is 407 g/mol. The molecule has 0 aliphatic rings. The van der Waals surface area contributed by atoms with Crippen LogP contribution in [0.15, 0.2) is 42.5 Å². The molecule has 0 bridgehead atoms. The van der Waals surface area contributed by atoms with Crippen LogP contribution in [-0.4, -0.2) is 23.9 Å². The van der Waals surface area contributed by atoms with Crippen molar-refractivity contribution < 1.29 is 22.6 Å². The van der Waals surface area contributed by atoms with Gasteiger partial charge in [0.25, 0.3) is 0 Å². The Kier molecular flexibility index (Phi) is 7.92. The highest BCUT2D eigenvalue weighted by Gasteiger charge is 2.14. The monoisotopic (exact) mass is 427 g/mol. The van der Waals surface area contributed by atoms with Crippen LogP contribution in [0.4, 0.5) is 13.2 Å². The summed E-state index contributed by atoms with van der Waals surface area (Å²) in [6.07, 6.45) is 0. The van der Waals surface area contributed by atoms with Crippen LogP contribution < -0.4 is 14.8 Å². The fraction of sp³-hybridized carbons (Fsp3) is 0.250. The highest BCUT2D eigenvalue weighted by atomic mass is 35.5. The second-order valence-electron chi connectivity index (χ2n) is 6.16. The maximum absolute atomic E-state index is 13.8. The normalized spacial score (nSPS) is 10.5. The summed E-state index contributed by atoms with van der Waals surface area (Å²) in [5.74, 6) is -2.09. The molecule has 5 nitrogen and oxygen atoms in total. The van der Waals surface area contributed by atoms with Crippen LogP contribution in [0.2, 0.25) is 0 Å². The van der Waals surface area contributed by atoms with Crippen molar-refractivity contribution in [3.05, 3.63) is 76.7 Å². The lowest BCUT2D eigenvalue weighted by atomic mass is 10.2. The smallest absolute Gasteiger partial charge is 0.212 e. The summed E-state index contributed by atoms with van der Waals surface area (Å²) in [6.45, 7) is 0.686. The van der Waals surface area contributed by atoms with Gasteiger partial charge < -0.3 is 14.8 Å². The molecule has 0 aliphatic carbocycles. The number of nitrogens with zero attached hydrogens (tertiary/aromatic N) is 2. The maximum atomic E-state index is 13.8. The van der Waals surface area contributed by atoms with E-state index in [0.717, 1.165) is 23.1 Å². The number of methoxy groups -OCH3 is 1. The average Bonchev–Trinajstić information content (AvgIpc) is 3.06. The SMILES string of the molecule is CNCc1cc(OCc2cc(F)c(F)cc2F)n(Cc2ccc(OC)cc2)n1.Cl. The molecule has 9 heteroatoms. The lowest BCUT2D eigenvalue weighted by Gasteiger charge is -2.10. The van der Waals surface area contributed by atoms with Crippen LogP contribution in [0.5, 0.6) is 11.6 Å². The number of hydrogen-bond acceptors (Lipinski definition) is 4. The van der Waals surface area contributed by atoms with Gasteiger partial charge in [-0.3, -0.25) is 0 Å². The zero-order valence-electron chi connectivity index (χ0n) is 15.9. The molecule has 1 N–H and O–H groups in total. The fourth-order valence-corrected chi connectivity index (χ4v) is 2.68. The Bertz CT molecular complexity index is 949. The van der Waals surface area contributed by atoms with Crippen molar-refractivity contribution in [2.75, 3.05) is 14.2 Å². The van der Waals surface area contributed by atoms with Gasteiger partial charge in [-0.25, -0.2) is 17.9 Å². The highest BCUT2D eigenvalue weighted by Crippen LogP contribution is 2.21. The zero-order valence-corrected chi connectivity index (χ0v) is 16.7. The summed E-state index contributed by atoms with van der Waals surface area (Å²) < 4.78 is 52.8. The van der Waals surface area contributed by atoms with Gasteiger partial charge >= 0.3 is 0 Å². The minimum absolute atomic E-state index is 0. The molecule has 1 heterocycles. The second-order valence-corrected chi connectivity index (χ2v) is 6.16. The molecule has 3 aromatic rings. The average molecular weight is 428 g/mol. The summed E-state index contributed by atoms with van der Waals surface area (Å²) >= 11 is 0. The Morgan fingerprint density at radius 2 is 1.69 bits per heavy atom. The van der Waals surface area contributed by atoms with Crippen LogP contribution in [-0.2, 0) is 19.7 Å². The van der Waals surface area contributed by atoms with Gasteiger partial charge in [-0.2, -0.15) is 5.10 Å². The Labute approximate surface area is 172 Å². The number of nitrogens with one attached hydrogen (secondary N) is 1. The molecule has 29 heavy (non-hydrogen) atoms. The van der Waals surface area contributed by atoms with Crippen molar-refractivity contribution in [3.63, 3.8) is 0 Å². The van der Waals surface area contributed by atoms with Crippen molar-refractivity contribution in [1.29, 1.82) is 0 Å². The molecule has 0 amide bonds. The van der Waals surface area contributed by atoms with Crippen LogP contribution in [0, 0.1) is 17.5 Å². The molecular formula is C20H21ClF3N3O2. The summed E-state index contributed by atoms with van der Waals surface area (Å²) in [7, 11) is 3.38. The number of hydrogen-bond donors (Lipinski definition) is 1. The first-order chi connectivity index (χ1) is 13.5. The third-order valence-electron chi connectivity index (χ3n) is 4.11. The van der Waals surface area contributed by atoms with Gasteiger partial charge in [-0.15, -0.1) is 12.4 Å². The quantitative estimate of drug-likeness (QED) is 0.550. The fourth-order valence-electron chi connectivity index (χ4n) is 2.68. The van der Waals surface area contributed by atoms with E-state index in [1.807, 2.05) is 24.3 Å². The number of halogens is 4. The first-order valence-corrected chi connectivity index (χ1v) is 8.60. The van der Waals surface area contributed by atoms with E-state index >= 15 is 0 Å². The van der Waals surface area contributed by atoms with Gasteiger partial charge in [0.2, 0.25) is 5.88 Å². The standard InChI is InChI=1S/C20H20F3N3O2.ClH/c1-24-10-15-8-20(28-12-14-7-18(22)19(23)9-17(14)21)26(25-15)11-13-3-5-16(27-2)6-4-13;/h3-9,24H,10-12H2,1-2H3;1H. The van der Waals surface area contributed by atoms with Gasteiger partial charge in [-0.05, 0) is 30.8 Å². The van der Waals surface area contributed by atoms with Crippen LogP contribution in [0.25, 0.3) is 0 Å². The Morgan fingerprint density at radius 1 is 1.00 bits per heavy atom. The molecule has 0 saturated carbocycles. The van der Waals surface area contributed by atoms with Crippen molar-refractivity contribution >= 4 is 12.4 Å². The molecule has 0 saturated heterocycles. The summed E-state index contributed by atoms with van der Waals surface area (Å²) in [5.41, 5.74) is 1.62. The molecule has 1 aromatic heterocycles. The molecule has 0 atom stereocenters. The molecule has 156 valence electrons. The summed E-state index contributed by atoms with van der Waals surface area (Å²) in [5, 5.41) is 7.48. The number of aromatic nitrogens is 2. The molecule has 0 aliphatic heterocycles. The topological polar surface area (TPSA) is 48.3 Å². The predicted molar refractivity (Wildman–Crippen MR) is 105 cm³/mol. The molecule has 2 aromatic carbocycles. The van der Waals surface area contributed by atoms with E-state index in [0.29, 0.717) is 25.0 Å². The Morgan fingerprint density at radius 3 is 2.34 bits per heavy atom. The second kappa shape index (κ2) is 10.2. The molecule has 0 radical (unpaired) electrons. The predicted octanol–water partition coefficient (Wildman–Crippen LogP) is 4.08. The number of rotatable bonds is 8. The first-order valence-electron chi connectivity index (χ1n) is 8.60. The van der Waals surface area contributed by atoms with Gasteiger partial charge in [0, 0.05) is 24.2 Å². The van der Waals surface area contributed by atoms with Crippen molar-refractivity contribution in [3.8, 4) is 11.6 Å². The van der Waals surface area contributed by atoms with E-state index in [4.69, 9.17) is 9.47 Å². The maximum Gasteiger partial charge on any atom is 0.212 e. The Balaban J connectivity index is 0.00000300. The van der Waals surface area contributed by atoms with E-state index in [1.54, 1.807) is 24.9 Å². The first kappa shape index (κ1) is 22.6. The lowest BCUT2D eigenvalue weighted by molar-refractivity contribution is 0.269. The van der Waals surface area contributed by atoms with Gasteiger partial charge in [-0.1, -0.05) is 12.1 Å². The van der Waals surface area contributed by atoms with E-state index in [1.165, 1.54) is 0 Å². The van der Waals surface area contributed by atoms with Crippen molar-refractivity contribution in [2.45, 2.75) is 19.7 Å². The van der Waals surface area contributed by atoms with Crippen molar-refractivity contribution in [2.24, 2.45) is 0 Å². The molecule has 0 fully saturated rings. The Hall–Kier alpha value is -2.71. The van der Waals surface area contributed by atoms with E-state index in [9.17, 15) is 13.2 Å². The minimum atomic E-state index is -1.23. The summed E-state index contributed by atoms with van der Waals surface area (Å²) in [6, 6.07) is 10.5. The van der Waals surface area contributed by atoms with E-state index < -0.39 is 17.5 Å². The van der Waals surface area contributed by atoms with E-state index in [2.05, 4.69) is 10.4 Å². The molecule has 0 spiro atoms. The van der Waals surface area contributed by atoms with E-state index in [-0.39, 0.29) is 24.6 Å². The largest absolute Gasteiger partial charge is 0.497 e. The van der Waals surface area contributed by atoms with Crippen molar-refractivity contribution in [1.82, 2.24) is 15.1 Å². The molecule has 3 rings (SSSR count). The molecule has 0 unspecified atom stereocenters. The third-order valence-corrected chi connectivity index (χ3v) is 4.11. The number of benzene rings is 2. The minimum Gasteiger partial charge on any atom is -0.497 e. The lowest BCUT2D eigenvalue weighted by Crippen LogP contribution is -2.09. The zero-order chi connectivity index (χ0) is 20.1. The van der Waals surface area contributed by atoms with Gasteiger partial charge in [0.1, 0.15) is 18.2 Å². The number of ether oxygens (including phenoxy) is 2. The highest BCUT2D eigenvalue weighted by molar-refractivity contribution is 5.85. The van der Waals surface area contributed by atoms with Gasteiger partial charge in [0.05, 0.1) is 19.3 Å². The van der Waals surface area contributed by atoms with Crippen LogP contribution in [0.1, 0.15) is 16.8 Å². The summed E-state index contributed by atoms with van der Waals surface area (Å²) in [4.78, 5) is 0. The van der Waals surface area contributed by atoms with Crippen LogP contribution >= 0.6 is 12.4 Å². The third kappa shape index (κ3) is 5.65.